The maximum Gasteiger partial charge on any atom is 0.268 e. The van der Waals surface area contributed by atoms with Gasteiger partial charge in [0.25, 0.3) is 5.56 Å². The minimum absolute atomic E-state index is 0.0678. The van der Waals surface area contributed by atoms with Crippen molar-refractivity contribution in [3.63, 3.8) is 0 Å². The number of thiophene rings is 1. The summed E-state index contributed by atoms with van der Waals surface area (Å²) in [5, 5.41) is 9.65. The molecule has 0 aliphatic rings. The van der Waals surface area contributed by atoms with Gasteiger partial charge in [0.1, 0.15) is 0 Å². The normalized spacial score (nSPS) is 12.3. The molecule has 5 nitrogen and oxygen atoms in total. The van der Waals surface area contributed by atoms with Crippen molar-refractivity contribution < 1.29 is 0 Å². The Balaban J connectivity index is 1.90. The molecule has 0 aliphatic carbocycles. The van der Waals surface area contributed by atoms with E-state index in [9.17, 15) is 4.79 Å². The van der Waals surface area contributed by atoms with Crippen LogP contribution in [0.2, 0.25) is 0 Å². The third kappa shape index (κ3) is 3.68. The van der Waals surface area contributed by atoms with E-state index in [0.717, 1.165) is 5.69 Å². The Morgan fingerprint density at radius 2 is 2.30 bits per heavy atom. The second-order valence-electron chi connectivity index (χ2n) is 4.86. The quantitative estimate of drug-likeness (QED) is 0.881. The first-order valence-corrected chi connectivity index (χ1v) is 7.47. The van der Waals surface area contributed by atoms with E-state index in [4.69, 9.17) is 0 Å². The smallest absolute Gasteiger partial charge is 0.268 e. The molecular formula is C14H20N4OS. The highest BCUT2D eigenvalue weighted by molar-refractivity contribution is 7.10. The summed E-state index contributed by atoms with van der Waals surface area (Å²) in [6.45, 7) is 3.41. The van der Waals surface area contributed by atoms with Crippen molar-refractivity contribution >= 4 is 17.0 Å². The molecule has 2 aromatic rings. The molecule has 0 aliphatic heterocycles. The van der Waals surface area contributed by atoms with Crippen molar-refractivity contribution in [2.24, 2.45) is 0 Å². The summed E-state index contributed by atoms with van der Waals surface area (Å²) < 4.78 is 1.49. The third-order valence-corrected chi connectivity index (χ3v) is 4.17. The Morgan fingerprint density at radius 1 is 1.50 bits per heavy atom. The van der Waals surface area contributed by atoms with Crippen molar-refractivity contribution in [2.45, 2.75) is 19.5 Å². The van der Waals surface area contributed by atoms with Gasteiger partial charge >= 0.3 is 0 Å². The van der Waals surface area contributed by atoms with Gasteiger partial charge in [0.05, 0.1) is 18.4 Å². The Labute approximate surface area is 122 Å². The van der Waals surface area contributed by atoms with E-state index in [-0.39, 0.29) is 5.56 Å². The fraction of sp³-hybridized carbons (Fsp3) is 0.429. The highest BCUT2D eigenvalue weighted by Crippen LogP contribution is 2.17. The number of aromatic nitrogens is 2. The van der Waals surface area contributed by atoms with Gasteiger partial charge in [-0.15, -0.1) is 11.3 Å². The molecule has 1 atom stereocenters. The van der Waals surface area contributed by atoms with Crippen molar-refractivity contribution in [3.05, 3.63) is 45.0 Å². The van der Waals surface area contributed by atoms with E-state index >= 15 is 0 Å². The fourth-order valence-electron chi connectivity index (χ4n) is 1.86. The second kappa shape index (κ2) is 6.67. The van der Waals surface area contributed by atoms with Gasteiger partial charge in [0.2, 0.25) is 0 Å². The fourth-order valence-corrected chi connectivity index (χ4v) is 2.62. The van der Waals surface area contributed by atoms with Crippen LogP contribution in [-0.2, 0) is 6.54 Å². The average Bonchev–Trinajstić information content (AvgIpc) is 2.94. The van der Waals surface area contributed by atoms with Crippen LogP contribution in [0, 0.1) is 0 Å². The summed E-state index contributed by atoms with van der Waals surface area (Å²) in [4.78, 5) is 15.1. The molecule has 0 saturated heterocycles. The monoisotopic (exact) mass is 292 g/mol. The van der Waals surface area contributed by atoms with Gasteiger partial charge in [-0.2, -0.15) is 5.10 Å². The maximum atomic E-state index is 11.9. The molecule has 2 rings (SSSR count). The van der Waals surface area contributed by atoms with Gasteiger partial charge in [0.15, 0.2) is 0 Å². The predicted molar refractivity (Wildman–Crippen MR) is 83.6 cm³/mol. The predicted octanol–water partition coefficient (Wildman–Crippen LogP) is 1.72. The molecule has 108 valence electrons. The number of anilines is 1. The van der Waals surface area contributed by atoms with Crippen molar-refractivity contribution in [2.75, 3.05) is 25.5 Å². The van der Waals surface area contributed by atoms with Crippen LogP contribution in [0.3, 0.4) is 0 Å². The van der Waals surface area contributed by atoms with Crippen LogP contribution in [-0.4, -0.2) is 30.4 Å². The lowest BCUT2D eigenvalue weighted by Crippen LogP contribution is -2.30. The molecular weight excluding hydrogens is 272 g/mol. The number of hydrogen-bond donors (Lipinski definition) is 1. The van der Waals surface area contributed by atoms with Crippen LogP contribution in [0.1, 0.15) is 17.8 Å². The molecule has 6 heteroatoms. The summed E-state index contributed by atoms with van der Waals surface area (Å²) in [7, 11) is 3.79. The summed E-state index contributed by atoms with van der Waals surface area (Å²) in [5.74, 6) is 0. The van der Waals surface area contributed by atoms with E-state index in [1.807, 2.05) is 25.1 Å². The third-order valence-electron chi connectivity index (χ3n) is 3.12. The summed E-state index contributed by atoms with van der Waals surface area (Å²) in [6, 6.07) is 6.06. The van der Waals surface area contributed by atoms with Crippen LogP contribution in [0.25, 0.3) is 0 Å². The van der Waals surface area contributed by atoms with Crippen LogP contribution in [0.5, 0.6) is 0 Å². The van der Waals surface area contributed by atoms with Crippen LogP contribution >= 0.6 is 11.3 Å². The average molecular weight is 292 g/mol. The van der Waals surface area contributed by atoms with E-state index < -0.39 is 0 Å². The Morgan fingerprint density at radius 3 is 2.90 bits per heavy atom. The van der Waals surface area contributed by atoms with Gasteiger partial charge in [0, 0.05) is 37.6 Å². The first kappa shape index (κ1) is 14.7. The molecule has 20 heavy (non-hydrogen) atoms. The summed E-state index contributed by atoms with van der Waals surface area (Å²) in [6.07, 6.45) is 1.71. The molecule has 0 radical (unpaired) electrons. The van der Waals surface area contributed by atoms with Gasteiger partial charge in [-0.3, -0.25) is 4.79 Å². The van der Waals surface area contributed by atoms with Gasteiger partial charge in [-0.05, 0) is 18.4 Å². The van der Waals surface area contributed by atoms with Crippen molar-refractivity contribution in [3.8, 4) is 0 Å². The molecule has 0 saturated carbocycles. The first-order valence-electron chi connectivity index (χ1n) is 6.59. The van der Waals surface area contributed by atoms with Gasteiger partial charge in [-0.25, -0.2) is 4.68 Å². The number of rotatable bonds is 6. The Hall–Kier alpha value is -1.66. The lowest BCUT2D eigenvalue weighted by molar-refractivity contribution is 0.496. The highest BCUT2D eigenvalue weighted by atomic mass is 32.1. The zero-order chi connectivity index (χ0) is 14.5. The Kier molecular flexibility index (Phi) is 4.92. The maximum absolute atomic E-state index is 11.9. The number of hydrogen-bond acceptors (Lipinski definition) is 5. The second-order valence-corrected chi connectivity index (χ2v) is 5.84. The van der Waals surface area contributed by atoms with Crippen LogP contribution < -0.4 is 15.8 Å². The number of nitrogens with one attached hydrogen (secondary N) is 1. The molecule has 0 fully saturated rings. The van der Waals surface area contributed by atoms with E-state index in [0.29, 0.717) is 19.1 Å². The van der Waals surface area contributed by atoms with E-state index in [1.54, 1.807) is 23.6 Å². The van der Waals surface area contributed by atoms with Crippen molar-refractivity contribution in [1.29, 1.82) is 0 Å². The molecule has 0 spiro atoms. The SMILES string of the molecule is CC(NCCn1ncc(N(C)C)cc1=O)c1cccs1. The molecule has 1 N–H and O–H groups in total. The summed E-state index contributed by atoms with van der Waals surface area (Å²) in [5.41, 5.74) is 0.757. The molecule has 2 aromatic heterocycles. The van der Waals surface area contributed by atoms with Crippen molar-refractivity contribution in [1.82, 2.24) is 15.1 Å². The molecule has 0 bridgehead atoms. The van der Waals surface area contributed by atoms with Crippen LogP contribution in [0.15, 0.2) is 34.6 Å². The lowest BCUT2D eigenvalue weighted by Gasteiger charge is -2.14. The minimum atomic E-state index is -0.0678. The number of nitrogens with zero attached hydrogens (tertiary/aromatic N) is 3. The zero-order valence-electron chi connectivity index (χ0n) is 12.0. The molecule has 2 heterocycles. The molecule has 1 unspecified atom stereocenters. The highest BCUT2D eigenvalue weighted by Gasteiger charge is 2.06. The summed E-state index contributed by atoms with van der Waals surface area (Å²) >= 11 is 1.73. The van der Waals surface area contributed by atoms with E-state index in [2.05, 4.69) is 28.8 Å². The van der Waals surface area contributed by atoms with Crippen LogP contribution in [0.4, 0.5) is 5.69 Å². The largest absolute Gasteiger partial charge is 0.376 e. The topological polar surface area (TPSA) is 50.2 Å². The first-order chi connectivity index (χ1) is 9.58. The Bertz CT molecular complexity index is 591. The molecule has 0 aromatic carbocycles. The van der Waals surface area contributed by atoms with Gasteiger partial charge in [-0.1, -0.05) is 6.07 Å². The minimum Gasteiger partial charge on any atom is -0.376 e. The molecule has 0 amide bonds. The standard InChI is InChI=1S/C14H20N4OS/c1-11(13-5-4-8-20-13)15-6-7-18-14(19)9-12(10-16-18)17(2)3/h4-5,8-11,15H,6-7H2,1-3H3. The van der Waals surface area contributed by atoms with Gasteiger partial charge < -0.3 is 10.2 Å². The lowest BCUT2D eigenvalue weighted by atomic mass is 10.3. The zero-order valence-corrected chi connectivity index (χ0v) is 12.9. The van der Waals surface area contributed by atoms with E-state index in [1.165, 1.54) is 9.56 Å².